The molecule has 0 amide bonds. The maximum absolute atomic E-state index is 11.6. The van der Waals surface area contributed by atoms with Crippen LogP contribution in [0.5, 0.6) is 23.0 Å². The molecule has 4 N–H and O–H groups in total. The van der Waals surface area contributed by atoms with Gasteiger partial charge in [0.25, 0.3) is 0 Å². The molecule has 4 rings (SSSR count). The minimum atomic E-state index is -1.26. The Morgan fingerprint density at radius 2 is 0.791 bits per heavy atom. The number of nitrogens with zero attached hydrogens (tertiary/aromatic N) is 2. The monoisotopic (exact) mass is 965 g/mol. The van der Waals surface area contributed by atoms with Crippen molar-refractivity contribution in [1.82, 2.24) is 0 Å². The summed E-state index contributed by atoms with van der Waals surface area (Å²) in [5, 5.41) is 60.2. The largest absolute Gasteiger partial charge is 2.00 e. The molecule has 0 fully saturated rings. The van der Waals surface area contributed by atoms with E-state index in [1.807, 2.05) is 27.7 Å². The van der Waals surface area contributed by atoms with Crippen LogP contribution in [0.15, 0.2) is 58.5 Å². The van der Waals surface area contributed by atoms with Crippen molar-refractivity contribution in [2.24, 2.45) is 9.98 Å². The van der Waals surface area contributed by atoms with E-state index in [2.05, 4.69) is 77.9 Å². The molecule has 67 heavy (non-hydrogen) atoms. The summed E-state index contributed by atoms with van der Waals surface area (Å²) in [6, 6.07) is 16.3. The van der Waals surface area contributed by atoms with Crippen molar-refractivity contribution in [3.8, 4) is 23.0 Å². The predicted molar refractivity (Wildman–Crippen MR) is 269 cm³/mol. The smallest absolute Gasteiger partial charge is 0.869 e. The van der Waals surface area contributed by atoms with Gasteiger partial charge in [-0.05, 0) is 171 Å². The molecule has 0 unspecified atom stereocenters. The third kappa shape index (κ3) is 17.8. The quantitative estimate of drug-likeness (QED) is 0.0418. The van der Waals surface area contributed by atoms with Gasteiger partial charge < -0.3 is 30.6 Å². The van der Waals surface area contributed by atoms with Crippen molar-refractivity contribution in [2.75, 3.05) is 0 Å². The molecule has 0 bridgehead atoms. The standard InChI is InChI=1S/C30H44N2.2C13H18O4.Ni/c1-7-13-15-29(31-27-19-17-23(9-3)25(11-5)21-27)30(16-14-8-2)32-28-20-18-24(10-4)26(12-6)22-28;2*1-3-5-6-8-7-10(14)12(15)11(13(16)17)9(8)4-2;/h17-22H,7-16H2,1-6H3;2*7,14-15H,3-6H2,1-2H3,(H,16,17);/q;;;+2/p-2. The molecule has 0 heterocycles. The van der Waals surface area contributed by atoms with Crippen molar-refractivity contribution < 1.29 is 56.7 Å². The molecule has 0 aliphatic rings. The number of aliphatic imine (C=N–C) groups is 2. The van der Waals surface area contributed by atoms with Crippen molar-refractivity contribution in [3.63, 3.8) is 0 Å². The van der Waals surface area contributed by atoms with Crippen molar-refractivity contribution in [2.45, 2.75) is 185 Å². The number of aromatic hydroxyl groups is 2. The first-order valence-electron chi connectivity index (χ1n) is 24.6. The van der Waals surface area contributed by atoms with Crippen LogP contribution in [-0.4, -0.2) is 43.8 Å². The van der Waals surface area contributed by atoms with E-state index < -0.39 is 34.9 Å². The third-order valence-corrected chi connectivity index (χ3v) is 12.0. The SMILES string of the molecule is CCCCC(=Nc1ccc(CC)c(CC)c1)C(CCCC)=Nc1ccc(CC)c(CC)c1.CCCCc1cc(O)c([O-])c(C(=O)O)c1CC.CCCCc1cc(O)c([O-])c(C(=O)O)c1CC.[Ni+2]. The van der Waals surface area contributed by atoms with Gasteiger partial charge in [-0.15, -0.1) is 0 Å². The molecule has 10 nitrogen and oxygen atoms in total. The summed E-state index contributed by atoms with van der Waals surface area (Å²) in [4.78, 5) is 32.5. The van der Waals surface area contributed by atoms with Crippen molar-refractivity contribution in [3.05, 3.63) is 104 Å². The summed E-state index contributed by atoms with van der Waals surface area (Å²) in [5.74, 6) is -5.03. The number of unbranched alkanes of at least 4 members (excludes halogenated alkanes) is 4. The van der Waals surface area contributed by atoms with Crippen LogP contribution in [-0.2, 0) is 67.9 Å². The van der Waals surface area contributed by atoms with Crippen LogP contribution in [0.25, 0.3) is 0 Å². The first kappa shape index (κ1) is 59.9. The van der Waals surface area contributed by atoms with E-state index in [1.54, 1.807) is 0 Å². The molecule has 0 saturated heterocycles. The Balaban J connectivity index is 0.000000544. The minimum absolute atomic E-state index is 0. The minimum Gasteiger partial charge on any atom is -0.869 e. The fourth-order valence-corrected chi connectivity index (χ4v) is 8.17. The molecule has 0 atom stereocenters. The number of hydrogen-bond donors (Lipinski definition) is 4. The second-order valence-electron chi connectivity index (χ2n) is 16.6. The number of hydrogen-bond acceptors (Lipinski definition) is 8. The predicted octanol–water partition coefficient (Wildman–Crippen LogP) is 13.3. The van der Waals surface area contributed by atoms with E-state index in [0.29, 0.717) is 36.8 Å². The normalized spacial score (nSPS) is 11.3. The molecule has 0 saturated carbocycles. The number of aromatic carboxylic acids is 2. The van der Waals surface area contributed by atoms with Gasteiger partial charge in [-0.25, -0.2) is 9.59 Å². The number of rotatable bonds is 23. The number of carboxylic acid groups (broad SMARTS) is 2. The first-order chi connectivity index (χ1) is 31.6. The molecular weight excluding hydrogens is 887 g/mol. The van der Waals surface area contributed by atoms with E-state index >= 15 is 0 Å². The number of carboxylic acids is 2. The molecule has 0 aliphatic heterocycles. The molecule has 370 valence electrons. The Morgan fingerprint density at radius 3 is 1.06 bits per heavy atom. The molecule has 0 aliphatic carbocycles. The van der Waals surface area contributed by atoms with Gasteiger partial charge in [-0.3, -0.25) is 9.98 Å². The number of aryl methyl sites for hydroxylation is 6. The molecule has 4 aromatic carbocycles. The fourth-order valence-electron chi connectivity index (χ4n) is 8.17. The molecule has 11 heteroatoms. The second-order valence-corrected chi connectivity index (χ2v) is 16.6. The zero-order valence-electron chi connectivity index (χ0n) is 42.0. The fraction of sp³-hybridized carbons (Fsp3) is 0.500. The number of phenolic OH excluding ortho intramolecular Hbond substituents is 2. The summed E-state index contributed by atoms with van der Waals surface area (Å²) in [6.45, 7) is 21.1. The number of benzene rings is 4. The summed E-state index contributed by atoms with van der Waals surface area (Å²) in [5.41, 5.74) is 12.3. The summed E-state index contributed by atoms with van der Waals surface area (Å²) in [7, 11) is 0. The third-order valence-electron chi connectivity index (χ3n) is 12.0. The van der Waals surface area contributed by atoms with Gasteiger partial charge in [-0.2, -0.15) is 0 Å². The molecular formula is C56H78N2NiO8. The van der Waals surface area contributed by atoms with E-state index in [1.165, 1.54) is 58.7 Å². The van der Waals surface area contributed by atoms with Crippen LogP contribution in [0.1, 0.15) is 199 Å². The average Bonchev–Trinajstić information content (AvgIpc) is 3.31. The Labute approximate surface area is 411 Å². The van der Waals surface area contributed by atoms with Gasteiger partial charge in [-0.1, -0.05) is 119 Å². The molecule has 0 radical (unpaired) electrons. The molecule has 0 aromatic heterocycles. The van der Waals surface area contributed by atoms with E-state index in [4.69, 9.17) is 20.2 Å². The molecule has 4 aromatic rings. The summed E-state index contributed by atoms with van der Waals surface area (Å²) in [6.07, 6.45) is 17.0. The van der Waals surface area contributed by atoms with Crippen LogP contribution in [0.3, 0.4) is 0 Å². The van der Waals surface area contributed by atoms with Crippen LogP contribution in [0.4, 0.5) is 11.4 Å². The Bertz CT molecular complexity index is 2090. The van der Waals surface area contributed by atoms with Crippen molar-refractivity contribution >= 4 is 34.7 Å². The Hall–Kier alpha value is -5.15. The van der Waals surface area contributed by atoms with Gasteiger partial charge >= 0.3 is 28.4 Å². The van der Waals surface area contributed by atoms with Gasteiger partial charge in [0.05, 0.1) is 33.9 Å². The second kappa shape index (κ2) is 31.8. The van der Waals surface area contributed by atoms with Crippen LogP contribution in [0.2, 0.25) is 0 Å². The topological polar surface area (TPSA) is 186 Å². The van der Waals surface area contributed by atoms with Crippen LogP contribution in [0, 0.1) is 0 Å². The molecule has 0 spiro atoms. The Kier molecular flexibility index (Phi) is 28.4. The van der Waals surface area contributed by atoms with Gasteiger partial charge in [0.2, 0.25) is 0 Å². The van der Waals surface area contributed by atoms with E-state index in [0.717, 1.165) is 99.6 Å². The van der Waals surface area contributed by atoms with Crippen LogP contribution < -0.4 is 10.2 Å². The maximum atomic E-state index is 11.6. The maximum Gasteiger partial charge on any atom is 2.00 e. The zero-order chi connectivity index (χ0) is 49.3. The van der Waals surface area contributed by atoms with Gasteiger partial charge in [0.1, 0.15) is 11.5 Å². The Morgan fingerprint density at radius 1 is 0.463 bits per heavy atom. The van der Waals surface area contributed by atoms with E-state index in [-0.39, 0.29) is 27.6 Å². The van der Waals surface area contributed by atoms with Crippen LogP contribution >= 0.6 is 0 Å². The van der Waals surface area contributed by atoms with Gasteiger partial charge in [0, 0.05) is 0 Å². The van der Waals surface area contributed by atoms with Crippen molar-refractivity contribution in [1.29, 1.82) is 0 Å². The first-order valence-corrected chi connectivity index (χ1v) is 24.6. The number of carbonyl (C=O) groups is 2. The average molecular weight is 966 g/mol. The zero-order valence-corrected chi connectivity index (χ0v) is 43.0. The summed E-state index contributed by atoms with van der Waals surface area (Å²) < 4.78 is 0. The van der Waals surface area contributed by atoms with E-state index in [9.17, 15) is 30.0 Å². The summed E-state index contributed by atoms with van der Waals surface area (Å²) >= 11 is 0. The number of phenols is 2. The van der Waals surface area contributed by atoms with Gasteiger partial charge in [0.15, 0.2) is 0 Å².